The van der Waals surface area contributed by atoms with Gasteiger partial charge in [0.05, 0.1) is 78.7 Å². The number of hydrogen-bond acceptors (Lipinski definition) is 17. The Balaban J connectivity index is 0.00000172. The SMILES string of the molecule is CCCN(CC(=O)N(CCC)CC(=O)N(CC(N)=O)Cc1cn(CCCNC(=O)CCCOc2c(C(C)(C)C)cc(-c3nc4ccc(N5CCN(C)CC5)cc4[nH]3)cc2C(C)(C)C)nn1)C(=O)CCCOc1cccc(-c2nc3ccc(-c4nc5ccc(N6CCN(C)CC6)cc5[nH]4)cc3[nH]2)c1.O=C(O)C(F)(F)F. The molecule has 7 N–H and O–H groups in total. The Hall–Kier alpha value is -10.6. The molecule has 109 heavy (non-hydrogen) atoms. The number of alkyl halides is 3. The number of nitrogens with two attached hydrogens (primary N) is 1. The number of rotatable bonds is 31. The highest BCUT2D eigenvalue weighted by Gasteiger charge is 2.38. The molecule has 0 saturated carbocycles. The average molecular weight is 1510 g/mol. The molecule has 0 radical (unpaired) electrons. The van der Waals surface area contributed by atoms with Gasteiger partial charge in [-0.2, -0.15) is 13.2 Å². The number of carboxylic acids is 1. The van der Waals surface area contributed by atoms with Gasteiger partial charge in [0.2, 0.25) is 29.5 Å². The van der Waals surface area contributed by atoms with Crippen LogP contribution in [0.2, 0.25) is 0 Å². The summed E-state index contributed by atoms with van der Waals surface area (Å²) in [5, 5.41) is 18.7. The first-order valence-electron chi connectivity index (χ1n) is 37.4. The fourth-order valence-electron chi connectivity index (χ4n) is 13.2. The van der Waals surface area contributed by atoms with E-state index >= 15 is 0 Å². The predicted molar refractivity (Wildman–Crippen MR) is 414 cm³/mol. The van der Waals surface area contributed by atoms with E-state index in [0.29, 0.717) is 75.6 Å². The van der Waals surface area contributed by atoms with Crippen molar-refractivity contribution in [3.05, 3.63) is 114 Å². The number of aryl methyl sites for hydroxylation is 1. The van der Waals surface area contributed by atoms with Crippen molar-refractivity contribution in [1.82, 2.24) is 74.7 Å². The number of anilines is 2. The van der Waals surface area contributed by atoms with Crippen molar-refractivity contribution in [2.75, 3.05) is 129 Å². The highest BCUT2D eigenvalue weighted by molar-refractivity contribution is 5.91. The Morgan fingerprint density at radius 2 is 1.06 bits per heavy atom. The summed E-state index contributed by atoms with van der Waals surface area (Å²) in [5.41, 5.74) is 18.4. The zero-order valence-electron chi connectivity index (χ0n) is 64.2. The van der Waals surface area contributed by atoms with Gasteiger partial charge in [-0.15, -0.1) is 5.10 Å². The van der Waals surface area contributed by atoms with Gasteiger partial charge in [0.15, 0.2) is 0 Å². The van der Waals surface area contributed by atoms with Crippen molar-refractivity contribution < 1.29 is 56.5 Å². The number of H-pyrrole nitrogens is 3. The molecule has 584 valence electrons. The van der Waals surface area contributed by atoms with Gasteiger partial charge >= 0.3 is 12.1 Å². The Labute approximate surface area is 633 Å². The number of carboxylic acid groups (broad SMARTS) is 1. The molecule has 0 unspecified atom stereocenters. The van der Waals surface area contributed by atoms with Gasteiger partial charge in [0.25, 0.3) is 0 Å². The number of nitrogens with one attached hydrogen (secondary N) is 4. The minimum Gasteiger partial charge on any atom is -0.494 e. The zero-order chi connectivity index (χ0) is 78.3. The number of aromatic amines is 3. The van der Waals surface area contributed by atoms with Gasteiger partial charge in [0, 0.05) is 131 Å². The number of carbonyl (C=O) groups excluding carboxylic acids is 5. The van der Waals surface area contributed by atoms with Crippen molar-refractivity contribution in [3.8, 4) is 45.7 Å². The van der Waals surface area contributed by atoms with Crippen LogP contribution in [0, 0.1) is 0 Å². The summed E-state index contributed by atoms with van der Waals surface area (Å²) in [6.07, 6.45) is -0.324. The minimum atomic E-state index is -5.08. The van der Waals surface area contributed by atoms with Crippen LogP contribution < -0.4 is 30.3 Å². The van der Waals surface area contributed by atoms with E-state index in [9.17, 15) is 37.1 Å². The first kappa shape index (κ1) is 80.9. The van der Waals surface area contributed by atoms with Crippen molar-refractivity contribution in [3.63, 3.8) is 0 Å². The number of amides is 5. The molecule has 30 heteroatoms. The van der Waals surface area contributed by atoms with Gasteiger partial charge in [-0.05, 0) is 136 Å². The summed E-state index contributed by atoms with van der Waals surface area (Å²) in [7, 11) is 4.33. The first-order valence-corrected chi connectivity index (χ1v) is 37.4. The van der Waals surface area contributed by atoms with E-state index in [4.69, 9.17) is 40.1 Å². The first-order chi connectivity index (χ1) is 51.9. The lowest BCUT2D eigenvalue weighted by Gasteiger charge is -2.34. The number of benzene rings is 5. The molecule has 5 aromatic carbocycles. The number of likely N-dealkylation sites (N-methyl/N-ethyl adjacent to an activating group) is 2. The lowest BCUT2D eigenvalue weighted by Crippen LogP contribution is -2.49. The van der Waals surface area contributed by atoms with Crippen LogP contribution in [-0.4, -0.2) is 235 Å². The zero-order valence-corrected chi connectivity index (χ0v) is 64.2. The molecule has 2 aliphatic rings. The fourth-order valence-corrected chi connectivity index (χ4v) is 13.2. The molecule has 0 aliphatic carbocycles. The molecule has 9 aromatic rings. The molecule has 4 aromatic heterocycles. The monoisotopic (exact) mass is 1500 g/mol. The number of ether oxygens (including phenoxy) is 2. The summed E-state index contributed by atoms with van der Waals surface area (Å²) in [6, 6.07) is 31.0. The molecule has 2 fully saturated rings. The van der Waals surface area contributed by atoms with E-state index in [-0.39, 0.29) is 68.3 Å². The predicted octanol–water partition coefficient (Wildman–Crippen LogP) is 10.2. The molecular weight excluding hydrogens is 1400 g/mol. The smallest absolute Gasteiger partial charge is 0.490 e. The number of fused-ring (bicyclic) bond motifs is 3. The van der Waals surface area contributed by atoms with E-state index in [1.54, 1.807) is 10.9 Å². The van der Waals surface area contributed by atoms with Crippen LogP contribution in [0.3, 0.4) is 0 Å². The number of aromatic nitrogens is 9. The van der Waals surface area contributed by atoms with Gasteiger partial charge in [-0.25, -0.2) is 19.7 Å². The van der Waals surface area contributed by atoms with E-state index in [1.165, 1.54) is 26.1 Å². The van der Waals surface area contributed by atoms with Gasteiger partial charge in [0.1, 0.15) is 34.7 Å². The topological polar surface area (TPSA) is 319 Å². The standard InChI is InChI=1S/C77H102N18O7.C2HF3O2/c1-11-28-92(69(98)20-15-39-101-58-18-13-17-52(41-58)73-80-61-24-21-53(44-64(61)83-73)74-81-62-25-22-56(45-65(62)84-74)90-35-31-88(9)32-36-90)50-70(99)93(29-12-2)51-71(100)94(49-67(78)96)47-55-48-95(87-86-55)30-16-27-79-68(97)19-14-40-102-72-59(76(3,4)5)42-54(43-60(72)77(6,7)8)75-82-63-26-23-57(46-66(63)85-75)91-37-33-89(10)34-38-91;3-2(4,5)1(6)7/h13,17-18,21-26,41-46,48H,11-12,14-16,19-20,27-40,47,49-51H2,1-10H3,(H2,78,96)(H,79,97)(H,80,83)(H,81,84)(H,82,85);(H,6,7). The van der Waals surface area contributed by atoms with E-state index in [0.717, 1.165) is 131 Å². The lowest BCUT2D eigenvalue weighted by atomic mass is 9.78. The van der Waals surface area contributed by atoms with Gasteiger partial charge in [-0.3, -0.25) is 28.7 Å². The number of primary amides is 1. The summed E-state index contributed by atoms with van der Waals surface area (Å²) in [4.78, 5) is 115. The third kappa shape index (κ3) is 22.1. The maximum atomic E-state index is 14.0. The van der Waals surface area contributed by atoms with Crippen LogP contribution in [0.1, 0.15) is 117 Å². The molecule has 2 aliphatic heterocycles. The third-order valence-corrected chi connectivity index (χ3v) is 19.2. The second-order valence-electron chi connectivity index (χ2n) is 30.1. The second kappa shape index (κ2) is 36.1. The van der Waals surface area contributed by atoms with Crippen molar-refractivity contribution in [2.45, 2.75) is 130 Å². The molecule has 5 amide bonds. The Bertz CT molecular complexity index is 4600. The molecule has 0 atom stereocenters. The average Bonchev–Trinajstić information content (AvgIpc) is 1.76. The Kier molecular flexibility index (Phi) is 26.8. The van der Waals surface area contributed by atoms with E-state index in [1.807, 2.05) is 50.2 Å². The number of halogens is 3. The molecule has 6 heterocycles. The van der Waals surface area contributed by atoms with E-state index < -0.39 is 36.4 Å². The largest absolute Gasteiger partial charge is 0.494 e. The number of hydrogen-bond donors (Lipinski definition) is 6. The minimum absolute atomic E-state index is 0.0790. The van der Waals surface area contributed by atoms with Crippen molar-refractivity contribution in [2.24, 2.45) is 5.73 Å². The summed E-state index contributed by atoms with van der Waals surface area (Å²) in [5.74, 6) is -0.918. The normalized spacial score (nSPS) is 13.9. The quantitative estimate of drug-likeness (QED) is 0.0220. The summed E-state index contributed by atoms with van der Waals surface area (Å²) >= 11 is 0. The number of nitrogens with zero attached hydrogens (tertiary/aromatic N) is 13. The van der Waals surface area contributed by atoms with Crippen LogP contribution >= 0.6 is 0 Å². The molecule has 0 bridgehead atoms. The number of imidazole rings is 3. The highest BCUT2D eigenvalue weighted by atomic mass is 19.4. The van der Waals surface area contributed by atoms with Gasteiger partial charge in [-0.1, -0.05) is 72.7 Å². The molecule has 11 rings (SSSR count). The molecular formula is C79H103F3N18O9. The highest BCUT2D eigenvalue weighted by Crippen LogP contribution is 2.43. The molecule has 2 saturated heterocycles. The van der Waals surface area contributed by atoms with Gasteiger partial charge < -0.3 is 74.9 Å². The summed E-state index contributed by atoms with van der Waals surface area (Å²) < 4.78 is 46.2. The van der Waals surface area contributed by atoms with Crippen LogP contribution in [-0.2, 0) is 52.7 Å². The van der Waals surface area contributed by atoms with Crippen molar-refractivity contribution >= 4 is 80.0 Å². The third-order valence-electron chi connectivity index (χ3n) is 19.2. The van der Waals surface area contributed by atoms with Crippen LogP contribution in [0.25, 0.3) is 67.3 Å². The number of carbonyl (C=O) groups is 6. The number of piperazine rings is 2. The Morgan fingerprint density at radius 1 is 0.578 bits per heavy atom. The maximum Gasteiger partial charge on any atom is 0.490 e. The summed E-state index contributed by atoms with van der Waals surface area (Å²) in [6.45, 7) is 26.1. The molecule has 27 nitrogen and oxygen atoms in total. The number of aliphatic carboxylic acids is 1. The lowest BCUT2D eigenvalue weighted by molar-refractivity contribution is -0.192. The fraction of sp³-hybridized carbons (Fsp3) is 0.481. The van der Waals surface area contributed by atoms with Crippen LogP contribution in [0.4, 0.5) is 24.5 Å². The molecule has 0 spiro atoms. The van der Waals surface area contributed by atoms with Crippen molar-refractivity contribution in [1.29, 1.82) is 0 Å². The van der Waals surface area contributed by atoms with E-state index in [2.05, 4.69) is 160 Å². The second-order valence-corrected chi connectivity index (χ2v) is 30.1. The maximum absolute atomic E-state index is 14.0. The van der Waals surface area contributed by atoms with Crippen LogP contribution in [0.15, 0.2) is 97.2 Å². The Morgan fingerprint density at radius 3 is 1.59 bits per heavy atom. The van der Waals surface area contributed by atoms with Crippen LogP contribution in [0.5, 0.6) is 11.5 Å².